The monoisotopic (exact) mass is 599 g/mol. The van der Waals surface area contributed by atoms with Gasteiger partial charge in [0, 0.05) is 12.1 Å². The number of carbonyl (C=O) groups excluding carboxylic acids is 4. The molecule has 2 saturated heterocycles. The molecule has 216 valence electrons. The molecule has 4 fully saturated rings. The van der Waals surface area contributed by atoms with Gasteiger partial charge in [0.25, 0.3) is 11.8 Å². The number of benzene rings is 3. The number of hydrogen-bond donors (Lipinski definition) is 0. The minimum Gasteiger partial charge on any atom is -0.274 e. The van der Waals surface area contributed by atoms with Crippen molar-refractivity contribution in [3.63, 3.8) is 0 Å². The van der Waals surface area contributed by atoms with Crippen molar-refractivity contribution >= 4 is 47.1 Å². The molecule has 9 aliphatic rings. The van der Waals surface area contributed by atoms with Crippen LogP contribution in [0, 0.1) is 47.3 Å². The van der Waals surface area contributed by atoms with Crippen molar-refractivity contribution in [1.29, 1.82) is 0 Å². The van der Waals surface area contributed by atoms with E-state index in [9.17, 15) is 19.2 Å². The highest BCUT2D eigenvalue weighted by atomic mass is 35.5. The van der Waals surface area contributed by atoms with Gasteiger partial charge in [0.2, 0.25) is 11.8 Å². The summed E-state index contributed by atoms with van der Waals surface area (Å²) in [5.41, 5.74) is 2.83. The molecule has 0 unspecified atom stereocenters. The Morgan fingerprint density at radius 3 is 1.89 bits per heavy atom. The number of rotatable bonds is 3. The standard InChI is InChI=1S/C36H26ClN3O4/c37-25-11-5-6-12-26(25)39-32(41)30-27-19-7-1-3-9-23(19)36(31(30)35(39)44,24-10-4-2-8-20(24)27)16-38-40-33(42)28-17-13-14-18(22-15-21(17)22)29(28)34(40)43/h1-14,16-18,21-22,27-31H,15H2/t17-,18-,21-,22+,27?,28-,29+,30+,31-,36?/m0/s1. The molecule has 0 radical (unpaired) electrons. The second kappa shape index (κ2) is 8.21. The predicted octanol–water partition coefficient (Wildman–Crippen LogP) is 4.93. The van der Waals surface area contributed by atoms with Crippen molar-refractivity contribution in [2.75, 3.05) is 4.90 Å². The number of nitrogens with zero attached hydrogens (tertiary/aromatic N) is 3. The lowest BCUT2D eigenvalue weighted by atomic mass is 9.47. The van der Waals surface area contributed by atoms with Crippen LogP contribution in [0.5, 0.6) is 0 Å². The third kappa shape index (κ3) is 2.75. The van der Waals surface area contributed by atoms with Crippen LogP contribution >= 0.6 is 11.6 Å². The molecule has 8 atom stereocenters. The fraction of sp³-hybridized carbons (Fsp3) is 0.306. The third-order valence-corrected chi connectivity index (χ3v) is 12.1. The van der Waals surface area contributed by atoms with Gasteiger partial charge in [-0.3, -0.25) is 19.2 Å². The van der Waals surface area contributed by atoms with Crippen LogP contribution in [-0.4, -0.2) is 34.9 Å². The summed E-state index contributed by atoms with van der Waals surface area (Å²) in [7, 11) is 0. The molecule has 7 aliphatic carbocycles. The highest BCUT2D eigenvalue weighted by Gasteiger charge is 2.70. The van der Waals surface area contributed by atoms with Gasteiger partial charge in [0.1, 0.15) is 0 Å². The van der Waals surface area contributed by atoms with Gasteiger partial charge >= 0.3 is 0 Å². The maximum Gasteiger partial charge on any atom is 0.254 e. The fourth-order valence-electron chi connectivity index (χ4n) is 10.1. The summed E-state index contributed by atoms with van der Waals surface area (Å²) in [5, 5.41) is 6.14. The van der Waals surface area contributed by atoms with Crippen LogP contribution in [0.4, 0.5) is 5.69 Å². The van der Waals surface area contributed by atoms with E-state index in [-0.39, 0.29) is 53.2 Å². The number of halogens is 1. The van der Waals surface area contributed by atoms with E-state index in [0.29, 0.717) is 22.5 Å². The topological polar surface area (TPSA) is 87.1 Å². The summed E-state index contributed by atoms with van der Waals surface area (Å²) in [4.78, 5) is 58.0. The van der Waals surface area contributed by atoms with Crippen LogP contribution in [0.3, 0.4) is 0 Å². The molecule has 7 nitrogen and oxygen atoms in total. The van der Waals surface area contributed by atoms with E-state index in [4.69, 9.17) is 16.7 Å². The summed E-state index contributed by atoms with van der Waals surface area (Å²) in [6, 6.07) is 22.6. The summed E-state index contributed by atoms with van der Waals surface area (Å²) in [6.07, 6.45) is 7.01. The van der Waals surface area contributed by atoms with Crippen molar-refractivity contribution in [2.45, 2.75) is 17.8 Å². The molecule has 12 rings (SSSR count). The number of hydrazone groups is 1. The fourth-order valence-corrected chi connectivity index (χ4v) is 10.3. The van der Waals surface area contributed by atoms with Crippen molar-refractivity contribution < 1.29 is 19.2 Å². The summed E-state index contributed by atoms with van der Waals surface area (Å²) >= 11 is 6.56. The van der Waals surface area contributed by atoms with Gasteiger partial charge in [0.15, 0.2) is 0 Å². The van der Waals surface area contributed by atoms with E-state index in [1.165, 1.54) is 4.90 Å². The average molecular weight is 600 g/mol. The van der Waals surface area contributed by atoms with Crippen molar-refractivity contribution in [3.8, 4) is 0 Å². The molecule has 2 saturated carbocycles. The SMILES string of the molecule is O=C1[C@@H]2[C@H]3C=C[C@@H]([C@@H]4C[C@H]34)[C@@H]2C(=O)N1N=CC12c3ccccc3C(c3ccccc31)[C@H]1C(=O)N(c3ccccc3Cl)C(=O)[C@H]12. The average Bonchev–Trinajstić information content (AvgIpc) is 3.78. The third-order valence-electron chi connectivity index (χ3n) is 11.8. The molecule has 2 heterocycles. The molecule has 0 spiro atoms. The molecule has 4 amide bonds. The smallest absolute Gasteiger partial charge is 0.254 e. The summed E-state index contributed by atoms with van der Waals surface area (Å²) < 4.78 is 0. The van der Waals surface area contributed by atoms with E-state index >= 15 is 0 Å². The maximum atomic E-state index is 14.6. The zero-order chi connectivity index (χ0) is 29.6. The van der Waals surface area contributed by atoms with E-state index < -0.39 is 17.3 Å². The lowest BCUT2D eigenvalue weighted by molar-refractivity contribution is -0.140. The number of allylic oxidation sites excluding steroid dienone is 2. The molecule has 3 aromatic rings. The van der Waals surface area contributed by atoms with Gasteiger partial charge in [0.05, 0.1) is 39.8 Å². The predicted molar refractivity (Wildman–Crippen MR) is 161 cm³/mol. The molecule has 0 aromatic heterocycles. The molecule has 0 N–H and O–H groups in total. The largest absolute Gasteiger partial charge is 0.274 e. The molecule has 44 heavy (non-hydrogen) atoms. The summed E-state index contributed by atoms with van der Waals surface area (Å²) in [6.45, 7) is 0. The van der Waals surface area contributed by atoms with Crippen LogP contribution in [0.25, 0.3) is 0 Å². The van der Waals surface area contributed by atoms with Gasteiger partial charge in [-0.2, -0.15) is 10.1 Å². The lowest BCUT2D eigenvalue weighted by Gasteiger charge is -2.52. The maximum absolute atomic E-state index is 14.6. The lowest BCUT2D eigenvalue weighted by Crippen LogP contribution is -2.55. The van der Waals surface area contributed by atoms with Crippen molar-refractivity contribution in [2.24, 2.45) is 52.4 Å². The first-order chi connectivity index (χ1) is 21.4. The van der Waals surface area contributed by atoms with Crippen LogP contribution in [0.2, 0.25) is 5.02 Å². The first-order valence-electron chi connectivity index (χ1n) is 15.4. The van der Waals surface area contributed by atoms with Crippen LogP contribution < -0.4 is 4.90 Å². The second-order valence-corrected chi connectivity index (χ2v) is 13.8. The first-order valence-corrected chi connectivity index (χ1v) is 15.7. The van der Waals surface area contributed by atoms with Crippen LogP contribution in [-0.2, 0) is 24.6 Å². The number of para-hydroxylation sites is 1. The highest BCUT2D eigenvalue weighted by Crippen LogP contribution is 2.66. The van der Waals surface area contributed by atoms with E-state index in [1.807, 2.05) is 48.5 Å². The van der Waals surface area contributed by atoms with Gasteiger partial charge in [-0.05, 0) is 64.5 Å². The first kappa shape index (κ1) is 25.0. The van der Waals surface area contributed by atoms with Crippen LogP contribution in [0.1, 0.15) is 34.6 Å². The second-order valence-electron chi connectivity index (χ2n) is 13.4. The highest BCUT2D eigenvalue weighted by molar-refractivity contribution is 6.36. The molecular formula is C36H26ClN3O4. The minimum atomic E-state index is -1.18. The number of imide groups is 2. The zero-order valence-electron chi connectivity index (χ0n) is 23.4. The van der Waals surface area contributed by atoms with E-state index in [1.54, 1.807) is 30.5 Å². The van der Waals surface area contributed by atoms with Gasteiger partial charge in [-0.1, -0.05) is 84.4 Å². The molecule has 3 aromatic carbocycles. The number of carbonyl (C=O) groups is 4. The summed E-state index contributed by atoms with van der Waals surface area (Å²) in [5.74, 6) is -2.67. The van der Waals surface area contributed by atoms with Gasteiger partial charge in [-0.15, -0.1) is 0 Å². The zero-order valence-corrected chi connectivity index (χ0v) is 24.2. The Bertz CT molecular complexity index is 1870. The number of hydrogen-bond acceptors (Lipinski definition) is 5. The van der Waals surface area contributed by atoms with E-state index in [2.05, 4.69) is 12.2 Å². The van der Waals surface area contributed by atoms with Gasteiger partial charge in [-0.25, -0.2) is 4.90 Å². The van der Waals surface area contributed by atoms with E-state index in [0.717, 1.165) is 33.7 Å². The van der Waals surface area contributed by atoms with Gasteiger partial charge < -0.3 is 0 Å². The quantitative estimate of drug-likeness (QED) is 0.243. The Labute approximate surface area is 258 Å². The Balaban J connectivity index is 1.16. The Morgan fingerprint density at radius 2 is 1.27 bits per heavy atom. The Kier molecular flexibility index (Phi) is 4.67. The molecular weight excluding hydrogens is 574 g/mol. The molecule has 8 heteroatoms. The normalized spacial score (nSPS) is 38.2. The van der Waals surface area contributed by atoms with Crippen LogP contribution in [0.15, 0.2) is 90.0 Å². The molecule has 4 bridgehead atoms. The minimum absolute atomic E-state index is 0.0824. The Hall–Kier alpha value is -4.36. The number of amides is 4. The number of anilines is 1. The van der Waals surface area contributed by atoms with Crippen molar-refractivity contribution in [3.05, 3.63) is 112 Å². The Morgan fingerprint density at radius 1 is 0.705 bits per heavy atom. The van der Waals surface area contributed by atoms with Crippen molar-refractivity contribution in [1.82, 2.24) is 5.01 Å². The molecule has 2 aliphatic heterocycles.